The summed E-state index contributed by atoms with van der Waals surface area (Å²) in [5.41, 5.74) is 1.92. The highest BCUT2D eigenvalue weighted by atomic mass is 16.1. The van der Waals surface area contributed by atoms with Gasteiger partial charge in [-0.3, -0.25) is 9.59 Å². The Labute approximate surface area is 150 Å². The average molecular weight is 342 g/mol. The summed E-state index contributed by atoms with van der Waals surface area (Å²) in [7, 11) is 0. The van der Waals surface area contributed by atoms with Gasteiger partial charge in [0, 0.05) is 35.6 Å². The number of nitrogens with zero attached hydrogens (tertiary/aromatic N) is 2. The van der Waals surface area contributed by atoms with Crippen molar-refractivity contribution < 1.29 is 0 Å². The van der Waals surface area contributed by atoms with Crippen molar-refractivity contribution in [1.29, 1.82) is 0 Å². The van der Waals surface area contributed by atoms with E-state index in [9.17, 15) is 9.59 Å². The molecule has 0 aromatic carbocycles. The van der Waals surface area contributed by atoms with Gasteiger partial charge in [-0.25, -0.2) is 0 Å². The van der Waals surface area contributed by atoms with Crippen LogP contribution in [0.15, 0.2) is 46.2 Å². The highest BCUT2D eigenvalue weighted by Gasteiger charge is 2.12. The van der Waals surface area contributed by atoms with Crippen LogP contribution in [0.1, 0.15) is 76.6 Å². The van der Waals surface area contributed by atoms with Crippen molar-refractivity contribution >= 4 is 0 Å². The van der Waals surface area contributed by atoms with Gasteiger partial charge in [-0.05, 0) is 58.1 Å². The smallest absolute Gasteiger partial charge is 0.254 e. The molecule has 0 aliphatic rings. The van der Waals surface area contributed by atoms with Gasteiger partial charge in [-0.1, -0.05) is 26.0 Å². The van der Waals surface area contributed by atoms with E-state index in [1.165, 1.54) is 0 Å². The van der Waals surface area contributed by atoms with Crippen molar-refractivity contribution in [2.75, 3.05) is 0 Å². The summed E-state index contributed by atoms with van der Waals surface area (Å²) in [6.07, 6.45) is 6.22. The molecule has 4 nitrogen and oxygen atoms in total. The van der Waals surface area contributed by atoms with Crippen molar-refractivity contribution in [1.82, 2.24) is 9.13 Å². The molecule has 0 amide bonds. The molecular weight excluding hydrogens is 312 g/mol. The number of aryl methyl sites for hydroxylation is 1. The van der Waals surface area contributed by atoms with Gasteiger partial charge < -0.3 is 9.13 Å². The van der Waals surface area contributed by atoms with Crippen LogP contribution in [0.25, 0.3) is 0 Å². The first-order valence-electron chi connectivity index (χ1n) is 9.24. The van der Waals surface area contributed by atoms with Crippen LogP contribution in [-0.4, -0.2) is 9.13 Å². The van der Waals surface area contributed by atoms with Crippen LogP contribution in [0.5, 0.6) is 0 Å². The zero-order valence-corrected chi connectivity index (χ0v) is 16.0. The molecule has 0 saturated carbocycles. The van der Waals surface area contributed by atoms with E-state index in [0.717, 1.165) is 30.4 Å². The first-order valence-corrected chi connectivity index (χ1v) is 9.24. The van der Waals surface area contributed by atoms with Crippen LogP contribution in [-0.2, 0) is 6.42 Å². The van der Waals surface area contributed by atoms with Crippen LogP contribution in [0, 0.1) is 0 Å². The maximum absolute atomic E-state index is 12.6. The molecule has 0 N–H and O–H groups in total. The molecule has 136 valence electrons. The Morgan fingerprint density at radius 3 is 2.16 bits per heavy atom. The SMILES string of the molecule is CC(C)c1cccn(C(C)CCCc2cccn(C(C)C)c2=O)c1=O. The van der Waals surface area contributed by atoms with Crippen LogP contribution in [0.2, 0.25) is 0 Å². The average Bonchev–Trinajstić information content (AvgIpc) is 2.55. The van der Waals surface area contributed by atoms with Crippen molar-refractivity contribution in [3.63, 3.8) is 0 Å². The van der Waals surface area contributed by atoms with E-state index in [2.05, 4.69) is 6.92 Å². The number of rotatable bonds is 7. The predicted molar refractivity (Wildman–Crippen MR) is 104 cm³/mol. The second-order valence-corrected chi connectivity index (χ2v) is 7.41. The molecular formula is C21H30N2O2. The van der Waals surface area contributed by atoms with Crippen LogP contribution in [0.3, 0.4) is 0 Å². The molecule has 25 heavy (non-hydrogen) atoms. The summed E-state index contributed by atoms with van der Waals surface area (Å²) in [5.74, 6) is 0.228. The van der Waals surface area contributed by atoms with Crippen molar-refractivity contribution in [2.24, 2.45) is 0 Å². The van der Waals surface area contributed by atoms with E-state index in [1.54, 1.807) is 4.57 Å². The van der Waals surface area contributed by atoms with Gasteiger partial charge in [0.05, 0.1) is 0 Å². The minimum Gasteiger partial charge on any atom is -0.313 e. The molecule has 2 rings (SSSR count). The summed E-state index contributed by atoms with van der Waals surface area (Å²) >= 11 is 0. The van der Waals surface area contributed by atoms with Crippen LogP contribution >= 0.6 is 0 Å². The standard InChI is InChI=1S/C21H30N2O2/c1-15(2)19-12-8-14-23(21(19)25)17(5)9-6-10-18-11-7-13-22(16(3)4)20(18)24/h7-8,11-17H,6,9-10H2,1-5H3. The Morgan fingerprint density at radius 1 is 0.880 bits per heavy atom. The Balaban J connectivity index is 2.06. The van der Waals surface area contributed by atoms with Crippen molar-refractivity contribution in [3.05, 3.63) is 68.5 Å². The van der Waals surface area contributed by atoms with E-state index in [-0.39, 0.29) is 29.1 Å². The van der Waals surface area contributed by atoms with Crippen molar-refractivity contribution in [2.45, 2.75) is 71.9 Å². The third-order valence-electron chi connectivity index (χ3n) is 4.78. The second-order valence-electron chi connectivity index (χ2n) is 7.41. The highest BCUT2D eigenvalue weighted by Crippen LogP contribution is 2.15. The van der Waals surface area contributed by atoms with Gasteiger partial charge in [-0.2, -0.15) is 0 Å². The molecule has 4 heteroatoms. The first kappa shape index (κ1) is 19.2. The van der Waals surface area contributed by atoms with Gasteiger partial charge in [0.15, 0.2) is 0 Å². The van der Waals surface area contributed by atoms with Gasteiger partial charge in [0.1, 0.15) is 0 Å². The maximum atomic E-state index is 12.6. The fraction of sp³-hybridized carbons (Fsp3) is 0.524. The monoisotopic (exact) mass is 342 g/mol. The number of hydrogen-bond donors (Lipinski definition) is 0. The molecule has 0 radical (unpaired) electrons. The van der Waals surface area contributed by atoms with Crippen molar-refractivity contribution in [3.8, 4) is 0 Å². The Morgan fingerprint density at radius 2 is 1.52 bits per heavy atom. The van der Waals surface area contributed by atoms with E-state index < -0.39 is 0 Å². The molecule has 1 unspecified atom stereocenters. The fourth-order valence-corrected chi connectivity index (χ4v) is 3.19. The molecule has 0 fully saturated rings. The summed E-state index contributed by atoms with van der Waals surface area (Å²) in [4.78, 5) is 25.0. The minimum atomic E-state index is 0.101. The Bertz CT molecular complexity index is 815. The number of aromatic nitrogens is 2. The minimum absolute atomic E-state index is 0.101. The predicted octanol–water partition coefficient (Wildman–Crippen LogP) is 4.30. The van der Waals surface area contributed by atoms with E-state index in [1.807, 2.05) is 68.9 Å². The second kappa shape index (κ2) is 8.32. The Hall–Kier alpha value is -2.10. The molecule has 0 aliphatic carbocycles. The summed E-state index contributed by atoms with van der Waals surface area (Å²) in [6.45, 7) is 10.2. The van der Waals surface area contributed by atoms with E-state index >= 15 is 0 Å². The molecule has 0 aliphatic heterocycles. The van der Waals surface area contributed by atoms with E-state index in [4.69, 9.17) is 0 Å². The quantitative estimate of drug-likeness (QED) is 0.753. The lowest BCUT2D eigenvalue weighted by Gasteiger charge is -2.17. The lowest BCUT2D eigenvalue weighted by atomic mass is 10.0. The summed E-state index contributed by atoms with van der Waals surface area (Å²) in [5, 5.41) is 0. The van der Waals surface area contributed by atoms with Gasteiger partial charge in [0.25, 0.3) is 11.1 Å². The summed E-state index contributed by atoms with van der Waals surface area (Å²) in [6, 6.07) is 8.01. The van der Waals surface area contributed by atoms with E-state index in [0.29, 0.717) is 0 Å². The number of hydrogen-bond acceptors (Lipinski definition) is 2. The van der Waals surface area contributed by atoms with Gasteiger partial charge in [0.2, 0.25) is 0 Å². The lowest BCUT2D eigenvalue weighted by molar-refractivity contribution is 0.470. The molecule has 2 heterocycles. The normalized spacial score (nSPS) is 12.8. The third-order valence-corrected chi connectivity index (χ3v) is 4.78. The molecule has 1 atom stereocenters. The maximum Gasteiger partial charge on any atom is 0.254 e. The lowest BCUT2D eigenvalue weighted by Crippen LogP contribution is -2.27. The Kier molecular flexibility index (Phi) is 6.40. The fourth-order valence-electron chi connectivity index (χ4n) is 3.19. The third kappa shape index (κ3) is 4.50. The van der Waals surface area contributed by atoms with Gasteiger partial charge in [-0.15, -0.1) is 0 Å². The molecule has 2 aromatic rings. The van der Waals surface area contributed by atoms with Gasteiger partial charge >= 0.3 is 0 Å². The highest BCUT2D eigenvalue weighted by molar-refractivity contribution is 5.15. The topological polar surface area (TPSA) is 44.0 Å². The van der Waals surface area contributed by atoms with Crippen LogP contribution in [0.4, 0.5) is 0 Å². The van der Waals surface area contributed by atoms with Crippen LogP contribution < -0.4 is 11.1 Å². The zero-order valence-electron chi connectivity index (χ0n) is 16.0. The zero-order chi connectivity index (χ0) is 18.6. The molecule has 0 bridgehead atoms. The summed E-state index contributed by atoms with van der Waals surface area (Å²) < 4.78 is 3.60. The number of pyridine rings is 2. The largest absolute Gasteiger partial charge is 0.313 e. The molecule has 0 spiro atoms. The first-order chi connectivity index (χ1) is 11.8. The molecule has 2 aromatic heterocycles. The molecule has 0 saturated heterocycles.